The lowest BCUT2D eigenvalue weighted by atomic mass is 9.82. The summed E-state index contributed by atoms with van der Waals surface area (Å²) in [6.07, 6.45) is 0.355. The van der Waals surface area contributed by atoms with E-state index in [9.17, 15) is 14.7 Å². The summed E-state index contributed by atoms with van der Waals surface area (Å²) in [5, 5.41) is 9.76. The van der Waals surface area contributed by atoms with Crippen molar-refractivity contribution in [2.24, 2.45) is 11.8 Å². The molecule has 1 N–H and O–H groups in total. The second-order valence-electron chi connectivity index (χ2n) is 6.42. The van der Waals surface area contributed by atoms with E-state index >= 15 is 0 Å². The number of carboxylic acid groups (broad SMARTS) is 1. The van der Waals surface area contributed by atoms with Gasteiger partial charge in [0.2, 0.25) is 0 Å². The van der Waals surface area contributed by atoms with E-state index in [-0.39, 0.29) is 6.10 Å². The molecule has 0 aliphatic rings. The lowest BCUT2D eigenvalue weighted by molar-refractivity contribution is -0.160. The van der Waals surface area contributed by atoms with Crippen molar-refractivity contribution in [3.05, 3.63) is 71.8 Å². The molecule has 2 aromatic carbocycles. The summed E-state index contributed by atoms with van der Waals surface area (Å²) in [4.78, 5) is 24.5. The number of carbonyl (C=O) groups excluding carboxylic acids is 1. The van der Waals surface area contributed by atoms with E-state index in [1.807, 2.05) is 60.7 Å². The highest BCUT2D eigenvalue weighted by Gasteiger charge is 2.35. The smallest absolute Gasteiger partial charge is 0.310 e. The van der Waals surface area contributed by atoms with Crippen LogP contribution in [0.4, 0.5) is 0 Å². The predicted molar refractivity (Wildman–Crippen MR) is 96.1 cm³/mol. The second kappa shape index (κ2) is 9.02. The monoisotopic (exact) mass is 340 g/mol. The van der Waals surface area contributed by atoms with E-state index in [1.165, 1.54) is 0 Å². The van der Waals surface area contributed by atoms with Gasteiger partial charge in [-0.1, -0.05) is 60.7 Å². The van der Waals surface area contributed by atoms with Gasteiger partial charge in [0.1, 0.15) is 0 Å². The van der Waals surface area contributed by atoms with Crippen molar-refractivity contribution in [1.29, 1.82) is 0 Å². The molecule has 0 amide bonds. The predicted octanol–water partition coefficient (Wildman–Crippen LogP) is 3.74. The summed E-state index contributed by atoms with van der Waals surface area (Å²) in [6.45, 7) is 3.54. The maximum Gasteiger partial charge on any atom is 0.310 e. The molecule has 0 saturated carbocycles. The van der Waals surface area contributed by atoms with Crippen molar-refractivity contribution >= 4 is 11.9 Å². The van der Waals surface area contributed by atoms with Crippen LogP contribution in [0.1, 0.15) is 25.0 Å². The molecule has 0 aliphatic heterocycles. The van der Waals surface area contributed by atoms with E-state index in [2.05, 4.69) is 0 Å². The summed E-state index contributed by atoms with van der Waals surface area (Å²) in [6, 6.07) is 18.8. The van der Waals surface area contributed by atoms with Crippen LogP contribution in [0.15, 0.2) is 60.7 Å². The summed E-state index contributed by atoms with van der Waals surface area (Å²) in [5.41, 5.74) is 1.82. The maximum absolute atomic E-state index is 12.6. The van der Waals surface area contributed by atoms with Gasteiger partial charge < -0.3 is 9.84 Å². The third-order valence-electron chi connectivity index (χ3n) is 4.05. The van der Waals surface area contributed by atoms with Gasteiger partial charge in [0, 0.05) is 0 Å². The normalized spacial score (nSPS) is 13.2. The van der Waals surface area contributed by atoms with E-state index in [0.717, 1.165) is 11.1 Å². The number of carbonyl (C=O) groups is 2. The number of rotatable bonds is 8. The molecule has 0 radical (unpaired) electrons. The van der Waals surface area contributed by atoms with Crippen LogP contribution in [-0.4, -0.2) is 23.1 Å². The van der Waals surface area contributed by atoms with Crippen LogP contribution < -0.4 is 0 Å². The Balaban J connectivity index is 2.28. The van der Waals surface area contributed by atoms with E-state index in [4.69, 9.17) is 4.74 Å². The summed E-state index contributed by atoms with van der Waals surface area (Å²) in [5.74, 6) is -3.01. The zero-order chi connectivity index (χ0) is 18.2. The van der Waals surface area contributed by atoms with E-state index < -0.39 is 23.8 Å². The summed E-state index contributed by atoms with van der Waals surface area (Å²) >= 11 is 0. The number of hydrogen-bond acceptors (Lipinski definition) is 3. The van der Waals surface area contributed by atoms with Gasteiger partial charge in [-0.05, 0) is 37.8 Å². The molecule has 2 rings (SSSR count). The zero-order valence-corrected chi connectivity index (χ0v) is 14.6. The molecule has 0 saturated heterocycles. The molecule has 25 heavy (non-hydrogen) atoms. The molecule has 132 valence electrons. The van der Waals surface area contributed by atoms with Crippen LogP contribution in [0.5, 0.6) is 0 Å². The zero-order valence-electron chi connectivity index (χ0n) is 14.6. The maximum atomic E-state index is 12.6. The fourth-order valence-corrected chi connectivity index (χ4v) is 2.85. The quantitative estimate of drug-likeness (QED) is 0.744. The van der Waals surface area contributed by atoms with Crippen molar-refractivity contribution < 1.29 is 19.4 Å². The Kier molecular flexibility index (Phi) is 6.75. The first-order valence-electron chi connectivity index (χ1n) is 8.48. The van der Waals surface area contributed by atoms with Crippen molar-refractivity contribution in [2.45, 2.75) is 32.8 Å². The molecule has 4 heteroatoms. The number of esters is 1. The Morgan fingerprint density at radius 1 is 0.840 bits per heavy atom. The van der Waals surface area contributed by atoms with Gasteiger partial charge >= 0.3 is 11.9 Å². The summed E-state index contributed by atoms with van der Waals surface area (Å²) < 4.78 is 5.35. The fraction of sp³-hybridized carbons (Fsp3) is 0.333. The molecule has 0 bridgehead atoms. The fourth-order valence-electron chi connectivity index (χ4n) is 2.85. The van der Waals surface area contributed by atoms with Crippen LogP contribution in [-0.2, 0) is 27.2 Å². The highest BCUT2D eigenvalue weighted by atomic mass is 16.5. The van der Waals surface area contributed by atoms with Crippen LogP contribution in [0.3, 0.4) is 0 Å². The van der Waals surface area contributed by atoms with Gasteiger partial charge in [0.25, 0.3) is 0 Å². The highest BCUT2D eigenvalue weighted by Crippen LogP contribution is 2.24. The minimum Gasteiger partial charge on any atom is -0.481 e. The number of aliphatic carboxylic acids is 1. The van der Waals surface area contributed by atoms with Crippen molar-refractivity contribution in [1.82, 2.24) is 0 Å². The average Bonchev–Trinajstić information content (AvgIpc) is 2.59. The molecule has 2 aromatic rings. The number of benzene rings is 2. The van der Waals surface area contributed by atoms with Crippen LogP contribution in [0.25, 0.3) is 0 Å². The Labute approximate surface area is 148 Å². The Bertz CT molecular complexity index is 680. The minimum absolute atomic E-state index is 0.281. The molecule has 0 spiro atoms. The molecule has 0 aliphatic carbocycles. The average molecular weight is 340 g/mol. The number of carboxylic acids is 1. The first kappa shape index (κ1) is 18.7. The van der Waals surface area contributed by atoms with Gasteiger partial charge in [-0.3, -0.25) is 9.59 Å². The minimum atomic E-state index is -0.981. The number of ether oxygens (including phenoxy) is 1. The molecular weight excluding hydrogens is 316 g/mol. The summed E-state index contributed by atoms with van der Waals surface area (Å²) in [7, 11) is 0. The first-order valence-corrected chi connectivity index (χ1v) is 8.48. The van der Waals surface area contributed by atoms with Crippen molar-refractivity contribution in [3.63, 3.8) is 0 Å². The SMILES string of the molecule is CC(C)OC(=O)[C@H](Cc1ccccc1)[C@H](Cc1ccccc1)C(=O)O. The number of hydrogen-bond donors (Lipinski definition) is 1. The van der Waals surface area contributed by atoms with Crippen LogP contribution in [0.2, 0.25) is 0 Å². The molecule has 0 fully saturated rings. The lowest BCUT2D eigenvalue weighted by Crippen LogP contribution is -2.35. The van der Waals surface area contributed by atoms with Gasteiger partial charge in [-0.2, -0.15) is 0 Å². The third-order valence-corrected chi connectivity index (χ3v) is 4.05. The molecule has 0 unspecified atom stereocenters. The van der Waals surface area contributed by atoms with Crippen LogP contribution in [0, 0.1) is 11.8 Å². The van der Waals surface area contributed by atoms with E-state index in [0.29, 0.717) is 12.8 Å². The highest BCUT2D eigenvalue weighted by molar-refractivity contribution is 5.81. The molecule has 0 heterocycles. The standard InChI is InChI=1S/C21H24O4/c1-15(2)25-21(24)19(14-17-11-7-4-8-12-17)18(20(22)23)13-16-9-5-3-6-10-16/h3-12,15,18-19H,13-14H2,1-2H3,(H,22,23)/t18-,19+/m0/s1. The van der Waals surface area contributed by atoms with Crippen molar-refractivity contribution in [2.75, 3.05) is 0 Å². The second-order valence-corrected chi connectivity index (χ2v) is 6.42. The third kappa shape index (κ3) is 5.75. The Morgan fingerprint density at radius 3 is 1.68 bits per heavy atom. The molecule has 4 nitrogen and oxygen atoms in total. The topological polar surface area (TPSA) is 63.6 Å². The van der Waals surface area contributed by atoms with Crippen molar-refractivity contribution in [3.8, 4) is 0 Å². The Hall–Kier alpha value is -2.62. The lowest BCUT2D eigenvalue weighted by Gasteiger charge is -2.24. The van der Waals surface area contributed by atoms with Gasteiger partial charge in [-0.15, -0.1) is 0 Å². The van der Waals surface area contributed by atoms with Gasteiger partial charge in [0.05, 0.1) is 17.9 Å². The molecule has 0 aromatic heterocycles. The van der Waals surface area contributed by atoms with E-state index in [1.54, 1.807) is 13.8 Å². The first-order chi connectivity index (χ1) is 12.0. The van der Waals surface area contributed by atoms with Gasteiger partial charge in [0.15, 0.2) is 0 Å². The molecular formula is C21H24O4. The van der Waals surface area contributed by atoms with Crippen LogP contribution >= 0.6 is 0 Å². The van der Waals surface area contributed by atoms with Gasteiger partial charge in [-0.25, -0.2) is 0 Å². The molecule has 2 atom stereocenters. The largest absolute Gasteiger partial charge is 0.481 e. The Morgan fingerprint density at radius 2 is 1.28 bits per heavy atom.